The molecule has 1 aromatic carbocycles. The van der Waals surface area contributed by atoms with Gasteiger partial charge in [-0.15, -0.1) is 0 Å². The van der Waals surface area contributed by atoms with E-state index in [9.17, 15) is 9.90 Å². The third kappa shape index (κ3) is 2.90. The third-order valence-corrected chi connectivity index (χ3v) is 3.98. The Kier molecular flexibility index (Phi) is 3.78. The lowest BCUT2D eigenvalue weighted by atomic mass is 10.2. The molecule has 23 heavy (non-hydrogen) atoms. The van der Waals surface area contributed by atoms with Crippen molar-refractivity contribution in [1.29, 1.82) is 0 Å². The molecule has 0 radical (unpaired) electrons. The second-order valence-corrected chi connectivity index (χ2v) is 5.84. The van der Waals surface area contributed by atoms with Gasteiger partial charge in [0.2, 0.25) is 0 Å². The van der Waals surface area contributed by atoms with Crippen LogP contribution in [0, 0.1) is 0 Å². The number of rotatable bonds is 3. The molecule has 0 fully saturated rings. The van der Waals surface area contributed by atoms with Crippen LogP contribution in [-0.2, 0) is 0 Å². The van der Waals surface area contributed by atoms with Gasteiger partial charge in [0.05, 0.1) is 5.52 Å². The van der Waals surface area contributed by atoms with Crippen molar-refractivity contribution in [3.8, 4) is 11.4 Å². The Morgan fingerprint density at radius 3 is 2.61 bits per heavy atom. The van der Waals surface area contributed by atoms with Gasteiger partial charge in [-0.3, -0.25) is 9.36 Å². The van der Waals surface area contributed by atoms with Gasteiger partial charge in [-0.25, -0.2) is 4.98 Å². The predicted molar refractivity (Wildman–Crippen MR) is 92.5 cm³/mol. The van der Waals surface area contributed by atoms with Crippen LogP contribution in [0.4, 0.5) is 5.82 Å². The monoisotopic (exact) mass is 309 g/mol. The van der Waals surface area contributed by atoms with Crippen LogP contribution in [0.1, 0.15) is 13.8 Å². The Bertz CT molecular complexity index is 916. The number of nitrogens with zero attached hydrogens (tertiary/aromatic N) is 3. The molecule has 0 aliphatic heterocycles. The number of pyridine rings is 2. The lowest BCUT2D eigenvalue weighted by Crippen LogP contribution is -2.26. The average molecular weight is 309 g/mol. The normalized spacial score (nSPS) is 11.1. The van der Waals surface area contributed by atoms with Crippen LogP contribution in [0.2, 0.25) is 0 Å². The highest BCUT2D eigenvalue weighted by atomic mass is 16.3. The molecule has 0 saturated carbocycles. The van der Waals surface area contributed by atoms with Gasteiger partial charge in [0, 0.05) is 36.4 Å². The van der Waals surface area contributed by atoms with Gasteiger partial charge in [-0.1, -0.05) is 0 Å². The van der Waals surface area contributed by atoms with E-state index < -0.39 is 0 Å². The molecule has 0 spiro atoms. The maximum atomic E-state index is 12.0. The summed E-state index contributed by atoms with van der Waals surface area (Å²) in [5, 5.41) is 10.3. The first-order chi connectivity index (χ1) is 11.0. The van der Waals surface area contributed by atoms with Crippen molar-refractivity contribution in [3.63, 3.8) is 0 Å². The Labute approximate surface area is 134 Å². The molecule has 2 aromatic heterocycles. The van der Waals surface area contributed by atoms with Crippen LogP contribution in [0.15, 0.2) is 53.5 Å². The second-order valence-electron chi connectivity index (χ2n) is 5.84. The van der Waals surface area contributed by atoms with Crippen molar-refractivity contribution in [3.05, 3.63) is 59.0 Å². The zero-order valence-electron chi connectivity index (χ0n) is 13.4. The quantitative estimate of drug-likeness (QED) is 0.808. The van der Waals surface area contributed by atoms with Crippen molar-refractivity contribution < 1.29 is 5.11 Å². The van der Waals surface area contributed by atoms with Gasteiger partial charge >= 0.3 is 0 Å². The van der Waals surface area contributed by atoms with Gasteiger partial charge in [-0.05, 0) is 50.2 Å². The SMILES string of the molecule is CC(C)N(C)c1ccc2cc(-n3ccc(O)cc3=O)ccc2n1. The lowest BCUT2D eigenvalue weighted by molar-refractivity contribution is 0.473. The minimum atomic E-state index is -0.270. The van der Waals surface area contributed by atoms with E-state index in [0.717, 1.165) is 22.4 Å². The van der Waals surface area contributed by atoms with Crippen LogP contribution >= 0.6 is 0 Å². The van der Waals surface area contributed by atoms with Gasteiger partial charge in [0.15, 0.2) is 0 Å². The van der Waals surface area contributed by atoms with Crippen LogP contribution < -0.4 is 10.5 Å². The number of anilines is 1. The molecule has 3 aromatic rings. The molecule has 0 amide bonds. The van der Waals surface area contributed by atoms with Crippen molar-refractivity contribution in [2.45, 2.75) is 19.9 Å². The molecule has 0 atom stereocenters. The molecule has 0 saturated heterocycles. The minimum Gasteiger partial charge on any atom is -0.508 e. The first kappa shape index (κ1) is 15.1. The first-order valence-corrected chi connectivity index (χ1v) is 7.51. The highest BCUT2D eigenvalue weighted by Gasteiger charge is 2.08. The van der Waals surface area contributed by atoms with E-state index in [4.69, 9.17) is 0 Å². The van der Waals surface area contributed by atoms with Gasteiger partial charge in [-0.2, -0.15) is 0 Å². The molecule has 3 rings (SSSR count). The first-order valence-electron chi connectivity index (χ1n) is 7.51. The highest BCUT2D eigenvalue weighted by molar-refractivity contribution is 5.82. The maximum Gasteiger partial charge on any atom is 0.258 e. The number of aromatic nitrogens is 2. The fourth-order valence-corrected chi connectivity index (χ4v) is 2.39. The summed E-state index contributed by atoms with van der Waals surface area (Å²) in [6.45, 7) is 4.23. The van der Waals surface area contributed by atoms with Crippen molar-refractivity contribution >= 4 is 16.7 Å². The Morgan fingerprint density at radius 2 is 1.91 bits per heavy atom. The number of hydrogen-bond acceptors (Lipinski definition) is 4. The number of aromatic hydroxyl groups is 1. The molecule has 0 unspecified atom stereocenters. The van der Waals surface area contributed by atoms with Crippen LogP contribution in [-0.4, -0.2) is 27.7 Å². The fraction of sp³-hybridized carbons (Fsp3) is 0.222. The molecule has 2 heterocycles. The van der Waals surface area contributed by atoms with E-state index in [2.05, 4.69) is 23.7 Å². The summed E-state index contributed by atoms with van der Waals surface area (Å²) in [6, 6.07) is 12.7. The van der Waals surface area contributed by atoms with E-state index in [1.165, 1.54) is 16.7 Å². The topological polar surface area (TPSA) is 58.4 Å². The summed E-state index contributed by atoms with van der Waals surface area (Å²) in [5.74, 6) is 0.886. The van der Waals surface area contributed by atoms with Gasteiger partial charge in [0.1, 0.15) is 11.6 Å². The van der Waals surface area contributed by atoms with Crippen LogP contribution in [0.5, 0.6) is 5.75 Å². The maximum absolute atomic E-state index is 12.0. The minimum absolute atomic E-state index is 0.0323. The van der Waals surface area contributed by atoms with E-state index in [0.29, 0.717) is 6.04 Å². The molecule has 0 aliphatic rings. The summed E-state index contributed by atoms with van der Waals surface area (Å²) in [4.78, 5) is 18.8. The number of benzene rings is 1. The molecule has 5 nitrogen and oxygen atoms in total. The second kappa shape index (κ2) is 5.76. The Morgan fingerprint density at radius 1 is 1.13 bits per heavy atom. The average Bonchev–Trinajstić information content (AvgIpc) is 2.53. The Balaban J connectivity index is 2.06. The predicted octanol–water partition coefficient (Wildman–Crippen LogP) is 2.94. The molecule has 118 valence electrons. The zero-order valence-corrected chi connectivity index (χ0v) is 13.4. The molecule has 0 aliphatic carbocycles. The highest BCUT2D eigenvalue weighted by Crippen LogP contribution is 2.21. The summed E-state index contributed by atoms with van der Waals surface area (Å²) in [5.41, 5.74) is 1.35. The number of hydrogen-bond donors (Lipinski definition) is 1. The van der Waals surface area contributed by atoms with Crippen molar-refractivity contribution in [2.24, 2.45) is 0 Å². The largest absolute Gasteiger partial charge is 0.508 e. The summed E-state index contributed by atoms with van der Waals surface area (Å²) < 4.78 is 1.49. The molecule has 1 N–H and O–H groups in total. The van der Waals surface area contributed by atoms with E-state index in [1.807, 2.05) is 37.4 Å². The molecule has 5 heteroatoms. The standard InChI is InChI=1S/C18H19N3O2/c1-12(2)20(3)17-7-4-13-10-14(5-6-16(13)19-17)21-9-8-15(22)11-18(21)23/h4-12,22H,1-3H3. The van der Waals surface area contributed by atoms with Crippen LogP contribution in [0.3, 0.4) is 0 Å². The van der Waals surface area contributed by atoms with Crippen LogP contribution in [0.25, 0.3) is 16.6 Å². The molecular weight excluding hydrogens is 290 g/mol. The van der Waals surface area contributed by atoms with E-state index in [1.54, 1.807) is 6.20 Å². The van der Waals surface area contributed by atoms with Gasteiger partial charge < -0.3 is 10.0 Å². The van der Waals surface area contributed by atoms with Crippen molar-refractivity contribution in [1.82, 2.24) is 9.55 Å². The molecular formula is C18H19N3O2. The third-order valence-electron chi connectivity index (χ3n) is 3.98. The molecule has 0 bridgehead atoms. The summed E-state index contributed by atoms with van der Waals surface area (Å²) >= 11 is 0. The van der Waals surface area contributed by atoms with Crippen molar-refractivity contribution in [2.75, 3.05) is 11.9 Å². The Hall–Kier alpha value is -2.82. The number of fused-ring (bicyclic) bond motifs is 1. The smallest absolute Gasteiger partial charge is 0.258 e. The van der Waals surface area contributed by atoms with E-state index in [-0.39, 0.29) is 11.3 Å². The summed E-state index contributed by atoms with van der Waals surface area (Å²) in [6.07, 6.45) is 1.56. The van der Waals surface area contributed by atoms with Gasteiger partial charge in [0.25, 0.3) is 5.56 Å². The van der Waals surface area contributed by atoms with E-state index >= 15 is 0 Å². The lowest BCUT2D eigenvalue weighted by Gasteiger charge is -2.22. The fourth-order valence-electron chi connectivity index (χ4n) is 2.39. The summed E-state index contributed by atoms with van der Waals surface area (Å²) in [7, 11) is 2.02. The zero-order chi connectivity index (χ0) is 16.6.